The molecule has 0 saturated carbocycles. The molecule has 0 unspecified atom stereocenters. The van der Waals surface area contributed by atoms with E-state index in [0.29, 0.717) is 0 Å². The Labute approximate surface area is 94.1 Å². The van der Waals surface area contributed by atoms with E-state index >= 15 is 0 Å². The van der Waals surface area contributed by atoms with Gasteiger partial charge in [-0.1, -0.05) is 6.07 Å². The van der Waals surface area contributed by atoms with Crippen molar-refractivity contribution in [3.8, 4) is 0 Å². The molecule has 0 aliphatic carbocycles. The van der Waals surface area contributed by atoms with Crippen LogP contribution < -0.4 is 5.32 Å². The zero-order valence-electron chi connectivity index (χ0n) is 7.50. The van der Waals surface area contributed by atoms with Crippen molar-refractivity contribution in [3.63, 3.8) is 0 Å². The molecule has 2 nitrogen and oxygen atoms in total. The van der Waals surface area contributed by atoms with Crippen LogP contribution in [0.1, 0.15) is 6.92 Å². The van der Waals surface area contributed by atoms with E-state index in [-0.39, 0.29) is 5.91 Å². The second-order valence-electron chi connectivity index (χ2n) is 2.94. The highest BCUT2D eigenvalue weighted by molar-refractivity contribution is 9.10. The van der Waals surface area contributed by atoms with Crippen molar-refractivity contribution in [1.82, 2.24) is 0 Å². The van der Waals surface area contributed by atoms with Gasteiger partial charge in [0, 0.05) is 26.9 Å². The molecule has 1 N–H and O–H groups in total. The Balaban J connectivity index is 2.63. The Kier molecular flexibility index (Phi) is 2.56. The molecule has 0 aliphatic heterocycles. The first-order valence-corrected chi connectivity index (χ1v) is 5.79. The maximum Gasteiger partial charge on any atom is 0.221 e. The van der Waals surface area contributed by atoms with Gasteiger partial charge in [-0.15, -0.1) is 11.3 Å². The predicted molar refractivity (Wildman–Crippen MR) is 63.8 cm³/mol. The zero-order valence-corrected chi connectivity index (χ0v) is 9.91. The number of benzene rings is 1. The molecular weight excluding hydrogens is 262 g/mol. The molecule has 1 aromatic carbocycles. The summed E-state index contributed by atoms with van der Waals surface area (Å²) in [5.74, 6) is -0.0457. The van der Waals surface area contributed by atoms with Crippen LogP contribution in [0, 0.1) is 0 Å². The average molecular weight is 270 g/mol. The van der Waals surface area contributed by atoms with Crippen molar-refractivity contribution in [2.24, 2.45) is 0 Å². The summed E-state index contributed by atoms with van der Waals surface area (Å²) in [5.41, 5.74) is 0.864. The Morgan fingerprint density at radius 1 is 1.50 bits per heavy atom. The fourth-order valence-corrected chi connectivity index (χ4v) is 3.03. The van der Waals surface area contributed by atoms with E-state index < -0.39 is 0 Å². The van der Waals surface area contributed by atoms with Gasteiger partial charge >= 0.3 is 0 Å². The van der Waals surface area contributed by atoms with E-state index in [1.54, 1.807) is 11.3 Å². The maximum atomic E-state index is 11.0. The second-order valence-corrected chi connectivity index (χ2v) is 4.71. The molecule has 0 aliphatic rings. The Hall–Kier alpha value is -0.870. The number of hydrogen-bond acceptors (Lipinski definition) is 2. The fourth-order valence-electron chi connectivity index (χ4n) is 1.34. The molecule has 2 aromatic rings. The van der Waals surface area contributed by atoms with Crippen molar-refractivity contribution in [3.05, 3.63) is 28.1 Å². The first-order chi connectivity index (χ1) is 6.68. The zero-order chi connectivity index (χ0) is 10.1. The quantitative estimate of drug-likeness (QED) is 0.842. The SMILES string of the molecule is CC(=O)Nc1cccc2scc(Br)c12. The van der Waals surface area contributed by atoms with E-state index in [2.05, 4.69) is 21.2 Å². The highest BCUT2D eigenvalue weighted by atomic mass is 79.9. The number of carbonyl (C=O) groups is 1. The molecule has 0 spiro atoms. The molecule has 0 radical (unpaired) electrons. The van der Waals surface area contributed by atoms with Gasteiger partial charge in [0.05, 0.1) is 5.69 Å². The summed E-state index contributed by atoms with van der Waals surface area (Å²) in [6.45, 7) is 1.51. The molecule has 1 heterocycles. The maximum absolute atomic E-state index is 11.0. The number of thiophene rings is 1. The molecule has 0 saturated heterocycles. The minimum Gasteiger partial charge on any atom is -0.326 e. The molecule has 2 rings (SSSR count). The number of anilines is 1. The summed E-state index contributed by atoms with van der Waals surface area (Å²) in [4.78, 5) is 11.0. The number of rotatable bonds is 1. The number of fused-ring (bicyclic) bond motifs is 1. The monoisotopic (exact) mass is 269 g/mol. The van der Waals surface area contributed by atoms with Crippen LogP contribution in [-0.4, -0.2) is 5.91 Å². The summed E-state index contributed by atoms with van der Waals surface area (Å²) in [5, 5.41) is 5.91. The molecule has 1 aromatic heterocycles. The predicted octanol–water partition coefficient (Wildman–Crippen LogP) is 3.62. The summed E-state index contributed by atoms with van der Waals surface area (Å²) in [6.07, 6.45) is 0. The van der Waals surface area contributed by atoms with E-state index in [9.17, 15) is 4.79 Å². The summed E-state index contributed by atoms with van der Waals surface area (Å²) in [7, 11) is 0. The smallest absolute Gasteiger partial charge is 0.221 e. The van der Waals surface area contributed by atoms with Gasteiger partial charge < -0.3 is 5.32 Å². The first kappa shape index (κ1) is 9.68. The van der Waals surface area contributed by atoms with E-state index in [4.69, 9.17) is 0 Å². The lowest BCUT2D eigenvalue weighted by Gasteiger charge is -2.03. The largest absolute Gasteiger partial charge is 0.326 e. The lowest BCUT2D eigenvalue weighted by molar-refractivity contribution is -0.114. The highest BCUT2D eigenvalue weighted by Gasteiger charge is 2.07. The van der Waals surface area contributed by atoms with E-state index in [0.717, 1.165) is 15.5 Å². The third-order valence-electron chi connectivity index (χ3n) is 1.87. The van der Waals surface area contributed by atoms with Gasteiger partial charge in [-0.05, 0) is 28.1 Å². The highest BCUT2D eigenvalue weighted by Crippen LogP contribution is 2.35. The first-order valence-electron chi connectivity index (χ1n) is 4.12. The van der Waals surface area contributed by atoms with Gasteiger partial charge in [-0.3, -0.25) is 4.79 Å². The van der Waals surface area contributed by atoms with Crippen LogP contribution in [-0.2, 0) is 4.79 Å². The van der Waals surface area contributed by atoms with Crippen LogP contribution in [0.15, 0.2) is 28.1 Å². The van der Waals surface area contributed by atoms with Crippen molar-refractivity contribution in [1.29, 1.82) is 0 Å². The Bertz CT molecular complexity index is 492. The third-order valence-corrected chi connectivity index (χ3v) is 3.74. The van der Waals surface area contributed by atoms with Gasteiger partial charge in [-0.25, -0.2) is 0 Å². The average Bonchev–Trinajstić information content (AvgIpc) is 2.48. The van der Waals surface area contributed by atoms with Gasteiger partial charge in [0.15, 0.2) is 0 Å². The lowest BCUT2D eigenvalue weighted by atomic mass is 10.2. The number of nitrogens with one attached hydrogen (secondary N) is 1. The minimum absolute atomic E-state index is 0.0457. The van der Waals surface area contributed by atoms with Crippen molar-refractivity contribution in [2.75, 3.05) is 5.32 Å². The lowest BCUT2D eigenvalue weighted by Crippen LogP contribution is -2.05. The summed E-state index contributed by atoms with van der Waals surface area (Å²) >= 11 is 5.12. The van der Waals surface area contributed by atoms with Crippen molar-refractivity contribution < 1.29 is 4.79 Å². The minimum atomic E-state index is -0.0457. The number of hydrogen-bond donors (Lipinski definition) is 1. The topological polar surface area (TPSA) is 29.1 Å². The van der Waals surface area contributed by atoms with Crippen LogP contribution in [0.4, 0.5) is 5.69 Å². The van der Waals surface area contributed by atoms with Gasteiger partial charge in [0.2, 0.25) is 5.91 Å². The Morgan fingerprint density at radius 2 is 2.29 bits per heavy atom. The van der Waals surface area contributed by atoms with Crippen molar-refractivity contribution >= 4 is 48.9 Å². The number of amides is 1. The molecule has 0 bridgehead atoms. The van der Waals surface area contributed by atoms with Crippen molar-refractivity contribution in [2.45, 2.75) is 6.92 Å². The second kappa shape index (κ2) is 3.71. The molecule has 0 atom stereocenters. The number of carbonyl (C=O) groups excluding carboxylic acids is 1. The summed E-state index contributed by atoms with van der Waals surface area (Å²) in [6, 6.07) is 5.88. The number of halogens is 1. The standard InChI is InChI=1S/C10H8BrNOS/c1-6(13)12-8-3-2-4-9-10(8)7(11)5-14-9/h2-5H,1H3,(H,12,13). The van der Waals surface area contributed by atoms with Crippen LogP contribution in [0.2, 0.25) is 0 Å². The molecule has 72 valence electrons. The van der Waals surface area contributed by atoms with Crippen LogP contribution in [0.5, 0.6) is 0 Å². The van der Waals surface area contributed by atoms with E-state index in [1.165, 1.54) is 11.6 Å². The van der Waals surface area contributed by atoms with E-state index in [1.807, 2.05) is 23.6 Å². The van der Waals surface area contributed by atoms with Gasteiger partial charge in [0.25, 0.3) is 0 Å². The Morgan fingerprint density at radius 3 is 3.00 bits per heavy atom. The van der Waals surface area contributed by atoms with Crippen LogP contribution in [0.25, 0.3) is 10.1 Å². The normalized spacial score (nSPS) is 10.4. The van der Waals surface area contributed by atoms with Crippen LogP contribution in [0.3, 0.4) is 0 Å². The van der Waals surface area contributed by atoms with Gasteiger partial charge in [-0.2, -0.15) is 0 Å². The molecule has 1 amide bonds. The third kappa shape index (κ3) is 1.67. The molecule has 4 heteroatoms. The molecule has 0 fully saturated rings. The summed E-state index contributed by atoms with van der Waals surface area (Å²) < 4.78 is 2.20. The molecule has 14 heavy (non-hydrogen) atoms. The fraction of sp³-hybridized carbons (Fsp3) is 0.100. The molecular formula is C10H8BrNOS. The van der Waals surface area contributed by atoms with Gasteiger partial charge in [0.1, 0.15) is 0 Å². The van der Waals surface area contributed by atoms with Crippen LogP contribution >= 0.6 is 27.3 Å².